The number of rotatable bonds is 5. The second kappa shape index (κ2) is 7.29. The van der Waals surface area contributed by atoms with Gasteiger partial charge in [-0.2, -0.15) is 26.9 Å². The molecule has 1 heterocycles. The topological polar surface area (TPSA) is 64.3 Å². The third kappa shape index (κ3) is 3.97. The molecule has 0 atom stereocenters. The zero-order valence-corrected chi connectivity index (χ0v) is 14.2. The van der Waals surface area contributed by atoms with Gasteiger partial charge in [0.15, 0.2) is 0 Å². The maximum absolute atomic E-state index is 14.2. The van der Waals surface area contributed by atoms with Crippen LogP contribution < -0.4 is 10.3 Å². The molecule has 148 valence electrons. The van der Waals surface area contributed by atoms with Crippen LogP contribution in [0.2, 0.25) is 5.02 Å². The van der Waals surface area contributed by atoms with Gasteiger partial charge in [0.1, 0.15) is 17.3 Å². The summed E-state index contributed by atoms with van der Waals surface area (Å²) in [6.07, 6.45) is -5.73. The Balaban J connectivity index is 2.76. The number of aromatic nitrogens is 2. The van der Waals surface area contributed by atoms with Crippen molar-refractivity contribution in [1.82, 2.24) is 9.55 Å². The number of phenols is 1. The van der Waals surface area contributed by atoms with Gasteiger partial charge < -0.3 is 9.84 Å². The monoisotopic (exact) mass is 416 g/mol. The number of halogens is 7. The minimum absolute atomic E-state index is 0.0859. The Morgan fingerprint density at radius 3 is 2.41 bits per heavy atom. The highest BCUT2D eigenvalue weighted by molar-refractivity contribution is 6.32. The highest BCUT2D eigenvalue weighted by atomic mass is 35.5. The summed E-state index contributed by atoms with van der Waals surface area (Å²) >= 11 is 5.52. The molecular weight excluding hydrogens is 406 g/mol. The van der Waals surface area contributed by atoms with Gasteiger partial charge in [0, 0.05) is 12.1 Å². The summed E-state index contributed by atoms with van der Waals surface area (Å²) in [7, 11) is 0. The fourth-order valence-corrected chi connectivity index (χ4v) is 2.13. The van der Waals surface area contributed by atoms with Crippen molar-refractivity contribution in [2.45, 2.75) is 25.4 Å². The van der Waals surface area contributed by atoms with E-state index in [2.05, 4.69) is 4.98 Å². The van der Waals surface area contributed by atoms with Gasteiger partial charge in [0.05, 0.1) is 17.3 Å². The first kappa shape index (κ1) is 20.9. The molecule has 0 saturated heterocycles. The zero-order chi connectivity index (χ0) is 20.6. The summed E-state index contributed by atoms with van der Waals surface area (Å²) in [6, 6.07) is 0.225. The Labute approximate surface area is 152 Å². The lowest BCUT2D eigenvalue weighted by Crippen LogP contribution is -2.37. The van der Waals surface area contributed by atoms with Crippen LogP contribution in [0.5, 0.6) is 11.8 Å². The molecule has 0 fully saturated rings. The molecule has 0 amide bonds. The van der Waals surface area contributed by atoms with Crippen molar-refractivity contribution < 1.29 is 36.2 Å². The van der Waals surface area contributed by atoms with E-state index in [9.17, 15) is 36.2 Å². The van der Waals surface area contributed by atoms with Crippen LogP contribution in [0, 0.1) is 5.82 Å². The maximum atomic E-state index is 14.2. The van der Waals surface area contributed by atoms with E-state index in [0.29, 0.717) is 16.7 Å². The zero-order valence-electron chi connectivity index (χ0n) is 13.5. The maximum Gasteiger partial charge on any atom is 0.459 e. The van der Waals surface area contributed by atoms with Crippen LogP contribution in [0.1, 0.15) is 19.0 Å². The Kier molecular flexibility index (Phi) is 5.64. The molecule has 0 saturated carbocycles. The molecule has 2 rings (SSSR count). The molecule has 0 aliphatic heterocycles. The highest BCUT2D eigenvalue weighted by Crippen LogP contribution is 2.43. The number of nitrogens with zero attached hydrogens (tertiary/aromatic N) is 2. The Morgan fingerprint density at radius 1 is 1.22 bits per heavy atom. The number of hydrogen-bond donors (Lipinski definition) is 1. The summed E-state index contributed by atoms with van der Waals surface area (Å²) in [5.41, 5.74) is -4.07. The van der Waals surface area contributed by atoms with Crippen molar-refractivity contribution in [2.75, 3.05) is 6.61 Å². The minimum atomic E-state index is -6.01. The standard InChI is InChI=1S/C15H11ClF6N2O3/c1-2-3-27-13-23-11(14(18,19)15(20,21)22)6-12(26)24(13)9-5-10(25)7(16)4-8(9)17/h4-6,25H,2-3H2,1H3. The molecule has 1 N–H and O–H groups in total. The number of benzene rings is 1. The molecule has 27 heavy (non-hydrogen) atoms. The van der Waals surface area contributed by atoms with E-state index in [1.165, 1.54) is 0 Å². The smallest absolute Gasteiger partial charge is 0.459 e. The largest absolute Gasteiger partial charge is 0.506 e. The summed E-state index contributed by atoms with van der Waals surface area (Å²) < 4.78 is 84.3. The predicted molar refractivity (Wildman–Crippen MR) is 82.2 cm³/mol. The van der Waals surface area contributed by atoms with Gasteiger partial charge in [-0.25, -0.2) is 8.96 Å². The minimum Gasteiger partial charge on any atom is -0.506 e. The van der Waals surface area contributed by atoms with Crippen molar-refractivity contribution in [3.63, 3.8) is 0 Å². The lowest BCUT2D eigenvalue weighted by molar-refractivity contribution is -0.291. The highest BCUT2D eigenvalue weighted by Gasteiger charge is 2.60. The van der Waals surface area contributed by atoms with Crippen LogP contribution in [0.25, 0.3) is 5.69 Å². The van der Waals surface area contributed by atoms with Crippen molar-refractivity contribution in [2.24, 2.45) is 0 Å². The summed E-state index contributed by atoms with van der Waals surface area (Å²) in [6.45, 7) is 1.37. The molecule has 1 aromatic carbocycles. The van der Waals surface area contributed by atoms with Crippen LogP contribution >= 0.6 is 11.6 Å². The van der Waals surface area contributed by atoms with Crippen LogP contribution in [0.15, 0.2) is 23.0 Å². The van der Waals surface area contributed by atoms with Crippen LogP contribution in [0.3, 0.4) is 0 Å². The Bertz CT molecular complexity index is 914. The third-order valence-corrected chi connectivity index (χ3v) is 3.56. The fourth-order valence-electron chi connectivity index (χ4n) is 1.98. The average molecular weight is 417 g/mol. The van der Waals surface area contributed by atoms with E-state index in [1.807, 2.05) is 0 Å². The first-order chi connectivity index (χ1) is 12.4. The second-order valence-electron chi connectivity index (χ2n) is 5.27. The number of hydrogen-bond acceptors (Lipinski definition) is 4. The van der Waals surface area contributed by atoms with Crippen molar-refractivity contribution in [3.05, 3.63) is 45.1 Å². The first-order valence-corrected chi connectivity index (χ1v) is 7.68. The summed E-state index contributed by atoms with van der Waals surface area (Å²) in [4.78, 5) is 15.3. The quantitative estimate of drug-likeness (QED) is 0.743. The summed E-state index contributed by atoms with van der Waals surface area (Å²) in [5, 5.41) is 9.18. The van der Waals surface area contributed by atoms with E-state index in [-0.39, 0.29) is 19.1 Å². The summed E-state index contributed by atoms with van der Waals surface area (Å²) in [5.74, 6) is -7.26. The van der Waals surface area contributed by atoms with Crippen LogP contribution in [-0.4, -0.2) is 27.4 Å². The molecule has 0 radical (unpaired) electrons. The SMILES string of the molecule is CCCOc1nc(C(F)(F)C(F)(F)F)cc(=O)n1-c1cc(O)c(Cl)cc1F. The molecule has 12 heteroatoms. The van der Waals surface area contributed by atoms with Gasteiger partial charge in [-0.15, -0.1) is 0 Å². The fraction of sp³-hybridized carbons (Fsp3) is 0.333. The molecule has 0 unspecified atom stereocenters. The van der Waals surface area contributed by atoms with Crippen LogP contribution in [-0.2, 0) is 5.92 Å². The van der Waals surface area contributed by atoms with E-state index in [1.54, 1.807) is 6.92 Å². The number of ether oxygens (including phenoxy) is 1. The molecule has 5 nitrogen and oxygen atoms in total. The van der Waals surface area contributed by atoms with Crippen molar-refractivity contribution >= 4 is 11.6 Å². The van der Waals surface area contributed by atoms with Gasteiger partial charge in [-0.1, -0.05) is 18.5 Å². The lowest BCUT2D eigenvalue weighted by Gasteiger charge is -2.21. The molecule has 1 aromatic heterocycles. The predicted octanol–water partition coefficient (Wildman–Crippen LogP) is 4.17. The normalized spacial score (nSPS) is 12.3. The number of phenolic OH excluding ortho intramolecular Hbond substituents is 1. The third-order valence-electron chi connectivity index (χ3n) is 3.26. The molecule has 0 bridgehead atoms. The van der Waals surface area contributed by atoms with Gasteiger partial charge >= 0.3 is 18.1 Å². The Morgan fingerprint density at radius 2 is 1.85 bits per heavy atom. The van der Waals surface area contributed by atoms with Gasteiger partial charge in [0.25, 0.3) is 5.56 Å². The molecular formula is C15H11ClF6N2O3. The van der Waals surface area contributed by atoms with Gasteiger partial charge in [0.2, 0.25) is 0 Å². The van der Waals surface area contributed by atoms with E-state index < -0.39 is 51.6 Å². The van der Waals surface area contributed by atoms with Gasteiger partial charge in [-0.3, -0.25) is 4.79 Å². The van der Waals surface area contributed by atoms with Crippen molar-refractivity contribution in [1.29, 1.82) is 0 Å². The molecule has 2 aromatic rings. The second-order valence-corrected chi connectivity index (χ2v) is 5.68. The average Bonchev–Trinajstić information content (AvgIpc) is 2.55. The molecule has 0 aliphatic rings. The lowest BCUT2D eigenvalue weighted by atomic mass is 10.2. The Hall–Kier alpha value is -2.43. The van der Waals surface area contributed by atoms with Crippen molar-refractivity contribution in [3.8, 4) is 17.4 Å². The number of aromatic hydroxyl groups is 1. The molecule has 0 aliphatic carbocycles. The number of alkyl halides is 5. The van der Waals surface area contributed by atoms with Crippen LogP contribution in [0.4, 0.5) is 26.3 Å². The first-order valence-electron chi connectivity index (χ1n) is 7.30. The van der Waals surface area contributed by atoms with E-state index in [4.69, 9.17) is 16.3 Å². The van der Waals surface area contributed by atoms with Gasteiger partial charge in [-0.05, 0) is 12.5 Å². The molecule has 0 spiro atoms. The van der Waals surface area contributed by atoms with E-state index >= 15 is 0 Å². The van der Waals surface area contributed by atoms with E-state index in [0.717, 1.165) is 0 Å².